The largest absolute Gasteiger partial charge is 0.497 e. The van der Waals surface area contributed by atoms with E-state index in [1.165, 1.54) is 5.56 Å². The van der Waals surface area contributed by atoms with Gasteiger partial charge in [-0.15, -0.1) is 11.8 Å². The van der Waals surface area contributed by atoms with Crippen molar-refractivity contribution >= 4 is 29.1 Å². The Morgan fingerprint density at radius 3 is 2.50 bits per heavy atom. The summed E-state index contributed by atoms with van der Waals surface area (Å²) in [6.45, 7) is 0. The average molecular weight is 310 g/mol. The first kappa shape index (κ1) is 15.0. The van der Waals surface area contributed by atoms with Crippen LogP contribution in [0.15, 0.2) is 47.4 Å². The molecule has 106 valence electrons. The maximum atomic E-state index is 6.20. The summed E-state index contributed by atoms with van der Waals surface area (Å²) in [5.41, 5.74) is 4.90. The van der Waals surface area contributed by atoms with Crippen molar-refractivity contribution in [3.05, 3.63) is 53.1 Å². The molecule has 3 nitrogen and oxygen atoms in total. The van der Waals surface area contributed by atoms with E-state index in [1.54, 1.807) is 26.0 Å². The first-order chi connectivity index (χ1) is 9.72. The first-order valence-corrected chi connectivity index (χ1v) is 7.43. The SMILES string of the molecule is CONc1ccc(Cl)c(SCc2ccc(OC)cc2)c1. The van der Waals surface area contributed by atoms with Gasteiger partial charge in [-0.3, -0.25) is 10.3 Å². The van der Waals surface area contributed by atoms with Gasteiger partial charge in [-0.2, -0.15) is 0 Å². The molecule has 0 aliphatic heterocycles. The van der Waals surface area contributed by atoms with Gasteiger partial charge in [0.1, 0.15) is 5.75 Å². The molecular weight excluding hydrogens is 294 g/mol. The lowest BCUT2D eigenvalue weighted by Gasteiger charge is -2.08. The van der Waals surface area contributed by atoms with Crippen LogP contribution in [0.5, 0.6) is 5.75 Å². The summed E-state index contributed by atoms with van der Waals surface area (Å²) in [6.07, 6.45) is 0. The van der Waals surface area contributed by atoms with Gasteiger partial charge >= 0.3 is 0 Å². The van der Waals surface area contributed by atoms with Crippen LogP contribution in [0.2, 0.25) is 5.02 Å². The molecule has 0 bridgehead atoms. The third kappa shape index (κ3) is 4.07. The molecule has 2 rings (SSSR count). The van der Waals surface area contributed by atoms with Crippen molar-refractivity contribution in [1.82, 2.24) is 0 Å². The Morgan fingerprint density at radius 2 is 1.85 bits per heavy atom. The van der Waals surface area contributed by atoms with Crippen molar-refractivity contribution in [2.45, 2.75) is 10.6 Å². The molecule has 0 unspecified atom stereocenters. The molecule has 0 saturated carbocycles. The highest BCUT2D eigenvalue weighted by Gasteiger charge is 2.04. The number of anilines is 1. The van der Waals surface area contributed by atoms with E-state index in [0.717, 1.165) is 27.1 Å². The number of hydrogen-bond donors (Lipinski definition) is 1. The fraction of sp³-hybridized carbons (Fsp3) is 0.200. The minimum absolute atomic E-state index is 0.741. The van der Waals surface area contributed by atoms with E-state index in [2.05, 4.69) is 17.6 Å². The molecule has 0 aromatic heterocycles. The molecule has 0 saturated heterocycles. The standard InChI is InChI=1S/C15H16ClNO2S/c1-18-13-6-3-11(4-7-13)10-20-15-9-12(17-19-2)5-8-14(15)16/h3-9,17H,10H2,1-2H3. The summed E-state index contributed by atoms with van der Waals surface area (Å²) in [5.74, 6) is 1.71. The normalized spacial score (nSPS) is 10.3. The predicted octanol–water partition coefficient (Wildman–Crippen LogP) is 4.61. The Bertz CT molecular complexity index is 560. The van der Waals surface area contributed by atoms with Gasteiger partial charge in [-0.1, -0.05) is 23.7 Å². The Kier molecular flexibility index (Phi) is 5.59. The van der Waals surface area contributed by atoms with Gasteiger partial charge in [-0.05, 0) is 35.9 Å². The van der Waals surface area contributed by atoms with E-state index in [9.17, 15) is 0 Å². The highest BCUT2D eigenvalue weighted by Crippen LogP contribution is 2.32. The Morgan fingerprint density at radius 1 is 1.10 bits per heavy atom. The monoisotopic (exact) mass is 309 g/mol. The molecular formula is C15H16ClNO2S. The Hall–Kier alpha value is -1.36. The molecule has 0 amide bonds. The van der Waals surface area contributed by atoms with Crippen molar-refractivity contribution in [2.24, 2.45) is 0 Å². The summed E-state index contributed by atoms with van der Waals surface area (Å²) < 4.78 is 5.14. The number of methoxy groups -OCH3 is 1. The minimum Gasteiger partial charge on any atom is -0.497 e. The van der Waals surface area contributed by atoms with E-state index in [-0.39, 0.29) is 0 Å². The van der Waals surface area contributed by atoms with Crippen LogP contribution < -0.4 is 10.2 Å². The van der Waals surface area contributed by atoms with Gasteiger partial charge in [0.15, 0.2) is 0 Å². The number of halogens is 1. The van der Waals surface area contributed by atoms with Crippen LogP contribution in [0.3, 0.4) is 0 Å². The minimum atomic E-state index is 0.741. The molecule has 0 fully saturated rings. The molecule has 2 aromatic carbocycles. The van der Waals surface area contributed by atoms with Gasteiger partial charge in [0.05, 0.1) is 24.9 Å². The maximum absolute atomic E-state index is 6.20. The van der Waals surface area contributed by atoms with Crippen LogP contribution in [0.4, 0.5) is 5.69 Å². The lowest BCUT2D eigenvalue weighted by atomic mass is 10.2. The van der Waals surface area contributed by atoms with Crippen molar-refractivity contribution in [3.8, 4) is 5.75 Å². The number of thioether (sulfide) groups is 1. The number of ether oxygens (including phenoxy) is 1. The fourth-order valence-electron chi connectivity index (χ4n) is 1.68. The molecule has 0 radical (unpaired) electrons. The molecule has 0 aliphatic carbocycles. The second kappa shape index (κ2) is 7.43. The summed E-state index contributed by atoms with van der Waals surface area (Å²) in [5, 5.41) is 0.741. The van der Waals surface area contributed by atoms with E-state index in [0.29, 0.717) is 0 Å². The van der Waals surface area contributed by atoms with Gasteiger partial charge in [0.2, 0.25) is 0 Å². The molecule has 0 atom stereocenters. The molecule has 0 aliphatic rings. The van der Waals surface area contributed by atoms with Crippen LogP contribution in [-0.4, -0.2) is 14.2 Å². The lowest BCUT2D eigenvalue weighted by molar-refractivity contribution is 0.271. The Labute approximate surface area is 128 Å². The first-order valence-electron chi connectivity index (χ1n) is 6.07. The van der Waals surface area contributed by atoms with Crippen LogP contribution >= 0.6 is 23.4 Å². The van der Waals surface area contributed by atoms with Crippen LogP contribution in [0, 0.1) is 0 Å². The van der Waals surface area contributed by atoms with Crippen molar-refractivity contribution in [2.75, 3.05) is 19.7 Å². The highest BCUT2D eigenvalue weighted by atomic mass is 35.5. The van der Waals surface area contributed by atoms with E-state index >= 15 is 0 Å². The second-order valence-electron chi connectivity index (χ2n) is 4.09. The van der Waals surface area contributed by atoms with Crippen molar-refractivity contribution < 1.29 is 9.57 Å². The van der Waals surface area contributed by atoms with Gasteiger partial charge < -0.3 is 4.74 Å². The quantitative estimate of drug-likeness (QED) is 0.623. The van der Waals surface area contributed by atoms with Gasteiger partial charge in [0, 0.05) is 10.6 Å². The maximum Gasteiger partial charge on any atom is 0.118 e. The number of nitrogens with one attached hydrogen (secondary N) is 1. The number of rotatable bonds is 6. The smallest absolute Gasteiger partial charge is 0.118 e. The lowest BCUT2D eigenvalue weighted by Crippen LogP contribution is -1.95. The molecule has 0 heterocycles. The molecule has 1 N–H and O–H groups in total. The van der Waals surface area contributed by atoms with Crippen LogP contribution in [0.1, 0.15) is 5.56 Å². The van der Waals surface area contributed by atoms with Crippen LogP contribution in [0.25, 0.3) is 0 Å². The van der Waals surface area contributed by atoms with Gasteiger partial charge in [0.25, 0.3) is 0 Å². The average Bonchev–Trinajstić information content (AvgIpc) is 2.48. The molecule has 2 aromatic rings. The number of hydrogen-bond acceptors (Lipinski definition) is 4. The summed E-state index contributed by atoms with van der Waals surface area (Å²) >= 11 is 7.89. The topological polar surface area (TPSA) is 30.5 Å². The second-order valence-corrected chi connectivity index (χ2v) is 5.51. The van der Waals surface area contributed by atoms with E-state index in [4.69, 9.17) is 21.2 Å². The van der Waals surface area contributed by atoms with Gasteiger partial charge in [-0.25, -0.2) is 0 Å². The fourth-order valence-corrected chi connectivity index (χ4v) is 2.89. The predicted molar refractivity (Wildman–Crippen MR) is 84.6 cm³/mol. The van der Waals surface area contributed by atoms with Crippen molar-refractivity contribution in [3.63, 3.8) is 0 Å². The summed E-state index contributed by atoms with van der Waals surface area (Å²) in [4.78, 5) is 5.91. The van der Waals surface area contributed by atoms with E-state index < -0.39 is 0 Å². The zero-order valence-electron chi connectivity index (χ0n) is 11.4. The molecule has 20 heavy (non-hydrogen) atoms. The zero-order valence-corrected chi connectivity index (χ0v) is 12.9. The highest BCUT2D eigenvalue weighted by molar-refractivity contribution is 7.98. The van der Waals surface area contributed by atoms with Crippen molar-refractivity contribution in [1.29, 1.82) is 0 Å². The molecule has 5 heteroatoms. The van der Waals surface area contributed by atoms with Crippen LogP contribution in [-0.2, 0) is 10.6 Å². The van der Waals surface area contributed by atoms with E-state index in [1.807, 2.05) is 30.3 Å². The zero-order chi connectivity index (χ0) is 14.4. The third-order valence-electron chi connectivity index (χ3n) is 2.70. The third-order valence-corrected chi connectivity index (χ3v) is 4.27. The summed E-state index contributed by atoms with van der Waals surface area (Å²) in [6, 6.07) is 13.7. The summed E-state index contributed by atoms with van der Waals surface area (Å²) in [7, 11) is 3.25. The Balaban J connectivity index is 2.03. The molecule has 0 spiro atoms. The number of benzene rings is 2.